The zero-order valence-electron chi connectivity index (χ0n) is 13.1. The smallest absolute Gasteiger partial charge is 0.227 e. The van der Waals surface area contributed by atoms with Crippen molar-refractivity contribution in [3.8, 4) is 0 Å². The molecule has 0 aliphatic carbocycles. The molecule has 6 nitrogen and oxygen atoms in total. The van der Waals surface area contributed by atoms with Gasteiger partial charge in [0, 0.05) is 24.3 Å². The molecule has 0 spiro atoms. The molecule has 2 aromatic rings. The van der Waals surface area contributed by atoms with Crippen molar-refractivity contribution in [1.29, 1.82) is 0 Å². The maximum absolute atomic E-state index is 12.0. The number of thiophene rings is 1. The highest BCUT2D eigenvalue weighted by Gasteiger charge is 2.21. The van der Waals surface area contributed by atoms with Crippen molar-refractivity contribution in [2.75, 3.05) is 18.4 Å². The van der Waals surface area contributed by atoms with E-state index < -0.39 is 0 Å². The number of piperidine rings is 1. The van der Waals surface area contributed by atoms with Crippen LogP contribution in [0.25, 0.3) is 0 Å². The van der Waals surface area contributed by atoms with Gasteiger partial charge in [-0.25, -0.2) is 4.68 Å². The van der Waals surface area contributed by atoms with E-state index in [0.29, 0.717) is 18.3 Å². The topological polar surface area (TPSA) is 71.8 Å². The van der Waals surface area contributed by atoms with Crippen LogP contribution in [0, 0.1) is 0 Å². The molecule has 8 heteroatoms. The minimum Gasteiger partial charge on any atom is -0.317 e. The number of aromatic nitrogens is 3. The van der Waals surface area contributed by atoms with Gasteiger partial charge < -0.3 is 5.32 Å². The molecule has 0 unspecified atom stereocenters. The van der Waals surface area contributed by atoms with Gasteiger partial charge in [-0.3, -0.25) is 10.1 Å². The number of hydrogen-bond acceptors (Lipinski definition) is 5. The number of amides is 1. The van der Waals surface area contributed by atoms with Crippen molar-refractivity contribution in [3.63, 3.8) is 0 Å². The van der Waals surface area contributed by atoms with E-state index >= 15 is 0 Å². The van der Waals surface area contributed by atoms with Gasteiger partial charge in [0.15, 0.2) is 5.82 Å². The second-order valence-electron chi connectivity index (χ2n) is 5.57. The normalized spacial score (nSPS) is 15.2. The zero-order valence-corrected chi connectivity index (χ0v) is 14.8. The Morgan fingerprint density at radius 2 is 2.26 bits per heavy atom. The second-order valence-corrected chi connectivity index (χ2v) is 6.60. The van der Waals surface area contributed by atoms with E-state index in [9.17, 15) is 4.79 Å². The number of hydrogen-bond donors (Lipinski definition) is 2. The quantitative estimate of drug-likeness (QED) is 0.863. The van der Waals surface area contributed by atoms with Gasteiger partial charge in [0.1, 0.15) is 0 Å². The Labute approximate surface area is 146 Å². The van der Waals surface area contributed by atoms with Crippen molar-refractivity contribution < 1.29 is 4.79 Å². The van der Waals surface area contributed by atoms with Crippen molar-refractivity contribution in [3.05, 3.63) is 28.2 Å². The minimum absolute atomic E-state index is 0. The summed E-state index contributed by atoms with van der Waals surface area (Å²) >= 11 is 1.68. The molecular formula is C15H22ClN5OS. The molecule has 1 amide bonds. The van der Waals surface area contributed by atoms with Crippen LogP contribution in [0.15, 0.2) is 17.5 Å². The van der Waals surface area contributed by atoms with E-state index in [1.807, 2.05) is 18.5 Å². The monoisotopic (exact) mass is 355 g/mol. The van der Waals surface area contributed by atoms with Crippen molar-refractivity contribution in [2.45, 2.75) is 31.6 Å². The summed E-state index contributed by atoms with van der Waals surface area (Å²) < 4.78 is 1.67. The third-order valence-corrected chi connectivity index (χ3v) is 4.85. The average molecular weight is 356 g/mol. The summed E-state index contributed by atoms with van der Waals surface area (Å²) in [6.45, 7) is 2.01. The first-order chi connectivity index (χ1) is 10.7. The summed E-state index contributed by atoms with van der Waals surface area (Å²) in [6.07, 6.45) is 3.34. The van der Waals surface area contributed by atoms with Gasteiger partial charge in [-0.1, -0.05) is 6.07 Å². The number of nitrogens with zero attached hydrogens (tertiary/aromatic N) is 3. The summed E-state index contributed by atoms with van der Waals surface area (Å²) in [5, 5.41) is 12.7. The first kappa shape index (κ1) is 17.9. The SMILES string of the molecule is Cl.Cn1nc(C2CCNCC2)nc1NC(=O)CCc1cccs1. The molecule has 1 fully saturated rings. The number of rotatable bonds is 5. The fourth-order valence-corrected chi connectivity index (χ4v) is 3.35. The predicted molar refractivity (Wildman–Crippen MR) is 94.4 cm³/mol. The van der Waals surface area contributed by atoms with Crippen LogP contribution in [0.4, 0.5) is 5.95 Å². The zero-order chi connectivity index (χ0) is 15.4. The summed E-state index contributed by atoms with van der Waals surface area (Å²) in [5.74, 6) is 1.77. The Bertz CT molecular complexity index is 622. The fourth-order valence-electron chi connectivity index (χ4n) is 2.64. The molecule has 23 heavy (non-hydrogen) atoms. The summed E-state index contributed by atoms with van der Waals surface area (Å²) in [7, 11) is 1.83. The number of carbonyl (C=O) groups is 1. The molecule has 0 radical (unpaired) electrons. The van der Waals surface area contributed by atoms with Crippen LogP contribution in [0.2, 0.25) is 0 Å². The Kier molecular flexibility index (Phi) is 6.56. The lowest BCUT2D eigenvalue weighted by atomic mass is 9.98. The molecule has 0 atom stereocenters. The highest BCUT2D eigenvalue weighted by atomic mass is 35.5. The average Bonchev–Trinajstić information content (AvgIpc) is 3.17. The van der Waals surface area contributed by atoms with E-state index in [-0.39, 0.29) is 18.3 Å². The fraction of sp³-hybridized carbons (Fsp3) is 0.533. The molecule has 0 bridgehead atoms. The molecule has 1 saturated heterocycles. The Hall–Kier alpha value is -1.44. The van der Waals surface area contributed by atoms with Crippen LogP contribution < -0.4 is 10.6 Å². The Morgan fingerprint density at radius 1 is 1.48 bits per heavy atom. The van der Waals surface area contributed by atoms with Gasteiger partial charge in [0.25, 0.3) is 0 Å². The van der Waals surface area contributed by atoms with Crippen LogP contribution in [0.1, 0.15) is 35.9 Å². The number of anilines is 1. The maximum Gasteiger partial charge on any atom is 0.227 e. The third-order valence-electron chi connectivity index (χ3n) is 3.91. The van der Waals surface area contributed by atoms with E-state index in [0.717, 1.165) is 38.2 Å². The standard InChI is InChI=1S/C15H21N5OS.ClH/c1-20-15(17-13(21)5-4-12-3-2-10-22-12)18-14(19-20)11-6-8-16-9-7-11;/h2-3,10-11,16H,4-9H2,1H3,(H,17,18,19,21);1H. The number of aryl methyl sites for hydroxylation is 2. The lowest BCUT2D eigenvalue weighted by Gasteiger charge is -2.19. The van der Waals surface area contributed by atoms with Gasteiger partial charge in [-0.05, 0) is 43.8 Å². The first-order valence-corrected chi connectivity index (χ1v) is 8.54. The molecule has 126 valence electrons. The summed E-state index contributed by atoms with van der Waals surface area (Å²) in [6, 6.07) is 4.06. The molecule has 2 N–H and O–H groups in total. The molecule has 3 rings (SSSR count). The van der Waals surface area contributed by atoms with E-state index in [4.69, 9.17) is 0 Å². The van der Waals surface area contributed by atoms with Gasteiger partial charge in [-0.2, -0.15) is 10.1 Å². The van der Waals surface area contributed by atoms with Crippen LogP contribution in [-0.4, -0.2) is 33.8 Å². The number of carbonyl (C=O) groups excluding carboxylic acids is 1. The Balaban J connectivity index is 0.00000192. The molecule has 0 aromatic carbocycles. The third kappa shape index (κ3) is 4.76. The highest BCUT2D eigenvalue weighted by Crippen LogP contribution is 2.23. The van der Waals surface area contributed by atoms with E-state index in [1.165, 1.54) is 4.88 Å². The molecule has 1 aliphatic heterocycles. The minimum atomic E-state index is -0.0132. The van der Waals surface area contributed by atoms with Crippen LogP contribution in [-0.2, 0) is 18.3 Å². The second kappa shape index (κ2) is 8.42. The molecule has 3 heterocycles. The molecule has 2 aromatic heterocycles. The van der Waals surface area contributed by atoms with E-state index in [2.05, 4.69) is 26.8 Å². The van der Waals surface area contributed by atoms with Crippen LogP contribution in [0.5, 0.6) is 0 Å². The Morgan fingerprint density at radius 3 is 2.96 bits per heavy atom. The summed E-state index contributed by atoms with van der Waals surface area (Å²) in [4.78, 5) is 17.8. The van der Waals surface area contributed by atoms with Crippen molar-refractivity contribution in [2.24, 2.45) is 7.05 Å². The molecular weight excluding hydrogens is 334 g/mol. The van der Waals surface area contributed by atoms with Gasteiger partial charge in [0.05, 0.1) is 0 Å². The van der Waals surface area contributed by atoms with Gasteiger partial charge >= 0.3 is 0 Å². The summed E-state index contributed by atoms with van der Waals surface area (Å²) in [5.41, 5.74) is 0. The van der Waals surface area contributed by atoms with Crippen LogP contribution >= 0.6 is 23.7 Å². The molecule has 0 saturated carbocycles. The highest BCUT2D eigenvalue weighted by molar-refractivity contribution is 7.09. The number of nitrogens with one attached hydrogen (secondary N) is 2. The first-order valence-electron chi connectivity index (χ1n) is 7.66. The predicted octanol–water partition coefficient (Wildman–Crippen LogP) is 2.34. The van der Waals surface area contributed by atoms with Gasteiger partial charge in [-0.15, -0.1) is 23.7 Å². The lowest BCUT2D eigenvalue weighted by Crippen LogP contribution is -2.27. The maximum atomic E-state index is 12.0. The van der Waals surface area contributed by atoms with Crippen molar-refractivity contribution >= 4 is 35.6 Å². The van der Waals surface area contributed by atoms with E-state index in [1.54, 1.807) is 16.0 Å². The molecule has 1 aliphatic rings. The number of halogens is 1. The van der Waals surface area contributed by atoms with Gasteiger partial charge in [0.2, 0.25) is 11.9 Å². The van der Waals surface area contributed by atoms with Crippen molar-refractivity contribution in [1.82, 2.24) is 20.1 Å². The lowest BCUT2D eigenvalue weighted by molar-refractivity contribution is -0.116. The van der Waals surface area contributed by atoms with Crippen LogP contribution in [0.3, 0.4) is 0 Å². The largest absolute Gasteiger partial charge is 0.317 e.